The number of aromatic nitrogens is 7. The number of nitrogens with zero attached hydrogens (tertiary/aromatic N) is 9. The number of aryl methyl sites for hydroxylation is 2. The Morgan fingerprint density at radius 2 is 1.76 bits per heavy atom. The van der Waals surface area contributed by atoms with Crippen LogP contribution in [-0.2, 0) is 43.9 Å². The molecule has 4 aromatic heterocycles. The molecule has 398 valence electrons. The quantitative estimate of drug-likeness (QED) is 0.0689. The fourth-order valence-electron chi connectivity index (χ4n) is 9.30. The van der Waals surface area contributed by atoms with Gasteiger partial charge in [0.15, 0.2) is 18.2 Å². The van der Waals surface area contributed by atoms with Gasteiger partial charge in [-0.3, -0.25) is 24.0 Å². The summed E-state index contributed by atoms with van der Waals surface area (Å²) in [5.41, 5.74) is 5.82. The molecule has 2 aliphatic rings. The molecule has 8 rings (SSSR count). The van der Waals surface area contributed by atoms with Gasteiger partial charge in [0.1, 0.15) is 23.7 Å². The molecule has 0 unspecified atom stereocenters. The maximum atomic E-state index is 14.2. The van der Waals surface area contributed by atoms with Crippen molar-refractivity contribution in [2.45, 2.75) is 91.1 Å². The zero-order chi connectivity index (χ0) is 53.6. The molecule has 0 bridgehead atoms. The molecule has 21 nitrogen and oxygen atoms in total. The van der Waals surface area contributed by atoms with Crippen LogP contribution in [-0.4, -0.2) is 133 Å². The van der Waals surface area contributed by atoms with E-state index in [2.05, 4.69) is 46.4 Å². The van der Waals surface area contributed by atoms with Crippen LogP contribution in [0.3, 0.4) is 0 Å². The van der Waals surface area contributed by atoms with E-state index in [1.54, 1.807) is 35.3 Å². The van der Waals surface area contributed by atoms with E-state index in [-0.39, 0.29) is 62.0 Å². The predicted molar refractivity (Wildman–Crippen MR) is 285 cm³/mol. The summed E-state index contributed by atoms with van der Waals surface area (Å²) in [4.78, 5) is 83.9. The molecule has 4 atom stereocenters. The molecular weight excluding hydrogens is 1000 g/mol. The maximum absolute atomic E-state index is 14.2. The zero-order valence-corrected chi connectivity index (χ0v) is 44.7. The van der Waals surface area contributed by atoms with Crippen molar-refractivity contribution in [2.24, 2.45) is 18.4 Å². The number of hydrogen-bond donors (Lipinski definition) is 5. The molecule has 6 aromatic rings. The largest absolute Gasteiger partial charge is 0.478 e. The van der Waals surface area contributed by atoms with Gasteiger partial charge in [0.05, 0.1) is 58.8 Å². The summed E-state index contributed by atoms with van der Waals surface area (Å²) < 4.78 is 14.4. The fourth-order valence-corrected chi connectivity index (χ4v) is 10.2. The normalized spacial score (nSPS) is 16.9. The van der Waals surface area contributed by atoms with Crippen LogP contribution >= 0.6 is 22.9 Å². The lowest BCUT2D eigenvalue weighted by molar-refractivity contribution is -0.144. The monoisotopic (exact) mass is 1070 g/mol. The van der Waals surface area contributed by atoms with Gasteiger partial charge >= 0.3 is 0 Å². The van der Waals surface area contributed by atoms with Crippen LogP contribution < -0.4 is 36.5 Å². The average Bonchev–Trinajstić information content (AvgIpc) is 4.15. The van der Waals surface area contributed by atoms with Crippen LogP contribution in [0, 0.1) is 18.3 Å². The van der Waals surface area contributed by atoms with Gasteiger partial charge in [-0.25, -0.2) is 14.6 Å². The van der Waals surface area contributed by atoms with Crippen LogP contribution in [0.1, 0.15) is 70.0 Å². The third-order valence-corrected chi connectivity index (χ3v) is 14.8. The molecule has 6 heterocycles. The highest BCUT2D eigenvalue weighted by atomic mass is 35.5. The summed E-state index contributed by atoms with van der Waals surface area (Å²) in [5, 5.41) is 32.0. The van der Waals surface area contributed by atoms with E-state index in [9.17, 15) is 29.1 Å². The number of ether oxygens (including phenoxy) is 2. The minimum atomic E-state index is -0.991. The van der Waals surface area contributed by atoms with Crippen molar-refractivity contribution in [1.29, 1.82) is 0 Å². The second-order valence-corrected chi connectivity index (χ2v) is 21.4. The van der Waals surface area contributed by atoms with E-state index in [1.165, 1.54) is 16.5 Å². The molecular formula is C52H64ClN13O8S. The number of amides is 4. The molecule has 0 aliphatic carbocycles. The number of carbonyl (C=O) groups is 4. The van der Waals surface area contributed by atoms with Gasteiger partial charge in [-0.2, -0.15) is 4.98 Å². The Kier molecular flexibility index (Phi) is 17.1. The number of aliphatic hydroxyl groups excluding tert-OH is 1. The lowest BCUT2D eigenvalue weighted by Crippen LogP contribution is -2.58. The minimum absolute atomic E-state index is 0.0330. The Balaban J connectivity index is 0.777. The summed E-state index contributed by atoms with van der Waals surface area (Å²) in [5.74, 6) is -0.293. The first-order chi connectivity index (χ1) is 35.8. The number of β-amino-alcohol motifs (C(OH)–C–C–N with tert-alkyl or cyclic N) is 1. The summed E-state index contributed by atoms with van der Waals surface area (Å²) in [7, 11) is 3.14. The number of hydrogen-bond acceptors (Lipinski definition) is 16. The molecule has 2 saturated heterocycles. The first-order valence-electron chi connectivity index (χ1n) is 24.9. The Morgan fingerprint density at radius 1 is 1.00 bits per heavy atom. The summed E-state index contributed by atoms with van der Waals surface area (Å²) >= 11 is 8.13. The number of anilines is 3. The van der Waals surface area contributed by atoms with Crippen LogP contribution in [0.15, 0.2) is 71.2 Å². The number of pyridine rings is 1. The number of thiazole rings is 1. The number of rotatable bonds is 19. The predicted octanol–water partition coefficient (Wildman–Crippen LogP) is 4.72. The third-order valence-electron chi connectivity index (χ3n) is 13.6. The Morgan fingerprint density at radius 3 is 2.47 bits per heavy atom. The Bertz CT molecular complexity index is 3080. The van der Waals surface area contributed by atoms with Gasteiger partial charge in [-0.1, -0.05) is 61.9 Å². The van der Waals surface area contributed by atoms with E-state index in [0.29, 0.717) is 45.8 Å². The van der Waals surface area contributed by atoms with Crippen molar-refractivity contribution in [1.82, 2.24) is 55.4 Å². The average molecular weight is 1070 g/mol. The van der Waals surface area contributed by atoms with Crippen molar-refractivity contribution in [3.8, 4) is 16.2 Å². The molecule has 2 aliphatic heterocycles. The SMILES string of the molecule is CNC(=O)COc1cc2cc(Nc3nc(N4CCC(Cc5cn(CCOCC(=O)N[C@H](C(=O)N6C[C@H](O)C[C@H]6C(=O)N[C@@H](C)c6ccc(-c7scnc7C)cc6)C(C)(C)C)nn5)CC4)ncc3Cl)ccc2n(C)c1=O. The van der Waals surface area contributed by atoms with Crippen molar-refractivity contribution < 1.29 is 33.8 Å². The summed E-state index contributed by atoms with van der Waals surface area (Å²) in [6.45, 7) is 10.7. The van der Waals surface area contributed by atoms with Crippen LogP contribution in [0.2, 0.25) is 5.02 Å². The smallest absolute Gasteiger partial charge is 0.293 e. The number of likely N-dealkylation sites (tertiary alicyclic amines) is 1. The van der Waals surface area contributed by atoms with E-state index >= 15 is 0 Å². The van der Waals surface area contributed by atoms with Gasteiger partial charge in [0, 0.05) is 57.4 Å². The van der Waals surface area contributed by atoms with Crippen LogP contribution in [0.4, 0.5) is 17.5 Å². The Labute approximate surface area is 443 Å². The van der Waals surface area contributed by atoms with Crippen LogP contribution in [0.25, 0.3) is 21.3 Å². The molecule has 0 radical (unpaired) electrons. The van der Waals surface area contributed by atoms with Gasteiger partial charge in [0.25, 0.3) is 11.5 Å². The van der Waals surface area contributed by atoms with E-state index in [1.807, 2.05) is 88.8 Å². The number of fused-ring (bicyclic) bond motifs is 1. The molecule has 0 saturated carbocycles. The zero-order valence-electron chi connectivity index (χ0n) is 43.1. The summed E-state index contributed by atoms with van der Waals surface area (Å²) in [6.07, 6.45) is 5.12. The first kappa shape index (κ1) is 54.3. The highest BCUT2D eigenvalue weighted by Gasteiger charge is 2.45. The molecule has 75 heavy (non-hydrogen) atoms. The third kappa shape index (κ3) is 13.3. The minimum Gasteiger partial charge on any atom is -0.478 e. The number of aliphatic hydroxyl groups is 1. The van der Waals surface area contributed by atoms with Crippen molar-refractivity contribution >= 4 is 74.9 Å². The number of benzene rings is 2. The lowest BCUT2D eigenvalue weighted by atomic mass is 9.85. The van der Waals surface area contributed by atoms with E-state index in [4.69, 9.17) is 26.1 Å². The van der Waals surface area contributed by atoms with Crippen molar-refractivity contribution in [2.75, 3.05) is 56.7 Å². The van der Waals surface area contributed by atoms with Gasteiger partial charge in [0.2, 0.25) is 23.7 Å². The number of nitrogens with one attached hydrogen (secondary N) is 4. The standard InChI is InChI=1S/C52H64ClN13O8S/c1-30(33-8-10-34(11-9-33)45-31(2)56-29-75-45)57-48(70)41-23-38(67)26-66(41)50(72)46(52(3,4)5)59-44(69)27-73-19-18-65-25-37(61-62-65)20-32-14-16-64(17-15-32)51-55-24-39(53)47(60-51)58-36-12-13-40-35(21-36)22-42(49(71)63(40)7)74-28-43(68)54-6/h8-13,21-22,24-25,29-30,32,38,41,46,67H,14-20,23,26-28H2,1-7H3,(H,54,68)(H,57,70)(H,59,69)(H,55,58,60)/t30-,38+,41-,46+/m0/s1. The fraction of sp³-hybridized carbons (Fsp3) is 0.462. The molecule has 0 spiro atoms. The van der Waals surface area contributed by atoms with E-state index < -0.39 is 35.4 Å². The Hall–Kier alpha value is -7.01. The number of piperidine rings is 1. The van der Waals surface area contributed by atoms with Gasteiger partial charge < -0.3 is 50.2 Å². The highest BCUT2D eigenvalue weighted by Crippen LogP contribution is 2.32. The molecule has 2 aromatic carbocycles. The van der Waals surface area contributed by atoms with Crippen molar-refractivity contribution in [3.63, 3.8) is 0 Å². The van der Waals surface area contributed by atoms with E-state index in [0.717, 1.165) is 59.7 Å². The molecule has 23 heteroatoms. The van der Waals surface area contributed by atoms with Crippen molar-refractivity contribution in [3.05, 3.63) is 98.8 Å². The number of likely N-dealkylation sites (N-methyl/N-ethyl adjacent to an activating group) is 1. The summed E-state index contributed by atoms with van der Waals surface area (Å²) in [6, 6.07) is 12.7. The molecule has 2 fully saturated rings. The number of halogens is 1. The lowest BCUT2D eigenvalue weighted by Gasteiger charge is -2.35. The second kappa shape index (κ2) is 23.7. The highest BCUT2D eigenvalue weighted by molar-refractivity contribution is 7.13. The maximum Gasteiger partial charge on any atom is 0.293 e. The topological polar surface area (TPSA) is 253 Å². The van der Waals surface area contributed by atoms with Gasteiger partial charge in [-0.05, 0) is 79.8 Å². The molecule has 5 N–H and O–H groups in total. The van der Waals surface area contributed by atoms with Gasteiger partial charge in [-0.15, -0.1) is 16.4 Å². The first-order valence-corrected chi connectivity index (χ1v) is 26.2. The van der Waals surface area contributed by atoms with Crippen LogP contribution in [0.5, 0.6) is 5.75 Å². The molecule has 4 amide bonds. The second-order valence-electron chi connectivity index (χ2n) is 20.1. The number of carbonyl (C=O) groups excluding carboxylic acids is 4.